The third kappa shape index (κ3) is 2.97. The smallest absolute Gasteiger partial charge is 0.239 e. The number of hydrogen-bond donors (Lipinski definition) is 1. The van der Waals surface area contributed by atoms with Crippen molar-refractivity contribution in [1.82, 2.24) is 10.2 Å². The summed E-state index contributed by atoms with van der Waals surface area (Å²) in [6, 6.07) is 5.38. The van der Waals surface area contributed by atoms with Crippen molar-refractivity contribution in [1.29, 1.82) is 0 Å². The van der Waals surface area contributed by atoms with Crippen LogP contribution in [0, 0.1) is 0 Å². The molecular weight excluding hydrogens is 271 g/mol. The minimum absolute atomic E-state index is 0.114. The Balaban J connectivity index is 2.16. The molecule has 98 valence electrons. The lowest BCUT2D eigenvalue weighted by atomic mass is 10.2. The van der Waals surface area contributed by atoms with E-state index in [1.807, 2.05) is 24.0 Å². The van der Waals surface area contributed by atoms with Gasteiger partial charge in [0.15, 0.2) is 0 Å². The summed E-state index contributed by atoms with van der Waals surface area (Å²) in [5.74, 6) is 0.114. The molecule has 0 bridgehead atoms. The molecule has 1 aromatic carbocycles. The van der Waals surface area contributed by atoms with E-state index in [4.69, 9.17) is 23.2 Å². The zero-order chi connectivity index (χ0) is 13.1. The van der Waals surface area contributed by atoms with Gasteiger partial charge in [0.25, 0.3) is 0 Å². The highest BCUT2D eigenvalue weighted by Crippen LogP contribution is 2.26. The first-order valence-electron chi connectivity index (χ1n) is 6.04. The quantitative estimate of drug-likeness (QED) is 0.907. The number of nitrogens with one attached hydrogen (secondary N) is 1. The maximum Gasteiger partial charge on any atom is 0.239 e. The number of carbonyl (C=O) groups is 1. The van der Waals surface area contributed by atoms with Crippen LogP contribution in [0.2, 0.25) is 10.0 Å². The molecule has 3 nitrogen and oxygen atoms in total. The summed E-state index contributed by atoms with van der Waals surface area (Å²) in [6.07, 6.45) is 0.953. The van der Waals surface area contributed by atoms with E-state index in [-0.39, 0.29) is 11.9 Å². The Morgan fingerprint density at radius 2 is 2.22 bits per heavy atom. The summed E-state index contributed by atoms with van der Waals surface area (Å²) in [5, 5.41) is 4.25. The average Bonchev–Trinajstić information content (AvgIpc) is 2.50. The van der Waals surface area contributed by atoms with E-state index in [0.29, 0.717) is 16.6 Å². The summed E-state index contributed by atoms with van der Waals surface area (Å²) in [6.45, 7) is 4.02. The normalized spacial score (nSPS) is 20.9. The van der Waals surface area contributed by atoms with Crippen LogP contribution in [0.4, 0.5) is 0 Å². The molecule has 5 heteroatoms. The first-order valence-corrected chi connectivity index (χ1v) is 6.80. The molecule has 0 saturated carbocycles. The molecule has 18 heavy (non-hydrogen) atoms. The number of nitrogens with zero attached hydrogens (tertiary/aromatic N) is 1. The summed E-state index contributed by atoms with van der Waals surface area (Å²) >= 11 is 12.1. The lowest BCUT2D eigenvalue weighted by Gasteiger charge is -2.23. The second-order valence-corrected chi connectivity index (χ2v) is 5.29. The van der Waals surface area contributed by atoms with Gasteiger partial charge >= 0.3 is 0 Å². The van der Waals surface area contributed by atoms with Crippen LogP contribution >= 0.6 is 23.2 Å². The lowest BCUT2D eigenvalue weighted by molar-refractivity contribution is -0.132. The van der Waals surface area contributed by atoms with Crippen LogP contribution < -0.4 is 5.32 Å². The van der Waals surface area contributed by atoms with Crippen LogP contribution in [0.25, 0.3) is 0 Å². The van der Waals surface area contributed by atoms with Gasteiger partial charge in [0, 0.05) is 13.1 Å². The van der Waals surface area contributed by atoms with Crippen molar-refractivity contribution >= 4 is 29.1 Å². The van der Waals surface area contributed by atoms with Crippen LogP contribution in [-0.2, 0) is 11.3 Å². The molecule has 1 aliphatic heterocycles. The summed E-state index contributed by atoms with van der Waals surface area (Å²) in [5.41, 5.74) is 0.895. The highest BCUT2D eigenvalue weighted by Gasteiger charge is 2.23. The van der Waals surface area contributed by atoms with Gasteiger partial charge in [-0.1, -0.05) is 35.3 Å². The molecule has 1 unspecified atom stereocenters. The standard InChI is InChI=1S/C13H16Cl2N2O/c1-9-13(18)17(7-3-6-16-9)8-10-4-2-5-11(14)12(10)15/h2,4-5,9,16H,3,6-8H2,1H3. The van der Waals surface area contributed by atoms with E-state index in [9.17, 15) is 4.79 Å². The van der Waals surface area contributed by atoms with Crippen LogP contribution in [0.15, 0.2) is 18.2 Å². The van der Waals surface area contributed by atoms with E-state index in [1.165, 1.54) is 0 Å². The Bertz CT molecular complexity index is 451. The van der Waals surface area contributed by atoms with Gasteiger partial charge in [0.2, 0.25) is 5.91 Å². The molecule has 2 rings (SSSR count). The Hall–Kier alpha value is -0.770. The molecule has 1 aliphatic rings. The molecule has 1 saturated heterocycles. The van der Waals surface area contributed by atoms with Crippen molar-refractivity contribution < 1.29 is 4.79 Å². The fourth-order valence-electron chi connectivity index (χ4n) is 2.09. The second-order valence-electron chi connectivity index (χ2n) is 4.50. The van der Waals surface area contributed by atoms with E-state index in [1.54, 1.807) is 6.07 Å². The molecular formula is C13H16Cl2N2O. The Morgan fingerprint density at radius 3 is 3.00 bits per heavy atom. The first-order chi connectivity index (χ1) is 8.59. The lowest BCUT2D eigenvalue weighted by Crippen LogP contribution is -2.41. The minimum Gasteiger partial charge on any atom is -0.337 e. The van der Waals surface area contributed by atoms with Crippen molar-refractivity contribution in [2.24, 2.45) is 0 Å². The third-order valence-electron chi connectivity index (χ3n) is 3.13. The molecule has 0 radical (unpaired) electrons. The van der Waals surface area contributed by atoms with Gasteiger partial charge in [-0.3, -0.25) is 4.79 Å². The SMILES string of the molecule is CC1NCCCN(Cc2cccc(Cl)c2Cl)C1=O. The van der Waals surface area contributed by atoms with Gasteiger partial charge in [-0.2, -0.15) is 0 Å². The zero-order valence-corrected chi connectivity index (χ0v) is 11.8. The predicted molar refractivity (Wildman–Crippen MR) is 74.0 cm³/mol. The highest BCUT2D eigenvalue weighted by molar-refractivity contribution is 6.42. The first kappa shape index (κ1) is 13.7. The third-order valence-corrected chi connectivity index (χ3v) is 3.99. The highest BCUT2D eigenvalue weighted by atomic mass is 35.5. The van der Waals surface area contributed by atoms with Crippen molar-refractivity contribution in [3.05, 3.63) is 33.8 Å². The Kier molecular flexibility index (Phi) is 4.49. The molecule has 1 aromatic rings. The summed E-state index contributed by atoms with van der Waals surface area (Å²) < 4.78 is 0. The number of benzene rings is 1. The van der Waals surface area contributed by atoms with Gasteiger partial charge < -0.3 is 10.2 Å². The molecule has 1 heterocycles. The van der Waals surface area contributed by atoms with Gasteiger partial charge in [-0.15, -0.1) is 0 Å². The van der Waals surface area contributed by atoms with Gasteiger partial charge in [0.05, 0.1) is 16.1 Å². The minimum atomic E-state index is -0.134. The number of rotatable bonds is 2. The number of amides is 1. The van der Waals surface area contributed by atoms with E-state index < -0.39 is 0 Å². The van der Waals surface area contributed by atoms with Gasteiger partial charge in [0.1, 0.15) is 0 Å². The second kappa shape index (κ2) is 5.91. The zero-order valence-electron chi connectivity index (χ0n) is 10.2. The number of carbonyl (C=O) groups excluding carboxylic acids is 1. The molecule has 0 spiro atoms. The summed E-state index contributed by atoms with van der Waals surface area (Å²) in [4.78, 5) is 14.0. The molecule has 1 amide bonds. The summed E-state index contributed by atoms with van der Waals surface area (Å²) in [7, 11) is 0. The number of halogens is 2. The monoisotopic (exact) mass is 286 g/mol. The maximum atomic E-state index is 12.1. The molecule has 0 aliphatic carbocycles. The van der Waals surface area contributed by atoms with E-state index in [2.05, 4.69) is 5.32 Å². The van der Waals surface area contributed by atoms with E-state index in [0.717, 1.165) is 25.1 Å². The Morgan fingerprint density at radius 1 is 1.44 bits per heavy atom. The fraction of sp³-hybridized carbons (Fsp3) is 0.462. The topological polar surface area (TPSA) is 32.3 Å². The molecule has 0 aromatic heterocycles. The molecule has 1 atom stereocenters. The van der Waals surface area contributed by atoms with Crippen molar-refractivity contribution in [3.8, 4) is 0 Å². The van der Waals surface area contributed by atoms with Crippen LogP contribution in [0.5, 0.6) is 0 Å². The average molecular weight is 287 g/mol. The van der Waals surface area contributed by atoms with Crippen molar-refractivity contribution in [2.45, 2.75) is 25.9 Å². The Labute approximate surface area is 117 Å². The fourth-order valence-corrected chi connectivity index (χ4v) is 2.47. The van der Waals surface area contributed by atoms with Crippen LogP contribution in [0.1, 0.15) is 18.9 Å². The maximum absolute atomic E-state index is 12.1. The molecule has 1 N–H and O–H groups in total. The molecule has 1 fully saturated rings. The van der Waals surface area contributed by atoms with Crippen molar-refractivity contribution in [3.63, 3.8) is 0 Å². The van der Waals surface area contributed by atoms with Gasteiger partial charge in [-0.05, 0) is 31.5 Å². The number of hydrogen-bond acceptors (Lipinski definition) is 2. The van der Waals surface area contributed by atoms with Crippen LogP contribution in [-0.4, -0.2) is 29.9 Å². The van der Waals surface area contributed by atoms with E-state index >= 15 is 0 Å². The predicted octanol–water partition coefficient (Wildman–Crippen LogP) is 2.70. The van der Waals surface area contributed by atoms with Crippen LogP contribution in [0.3, 0.4) is 0 Å². The largest absolute Gasteiger partial charge is 0.337 e. The van der Waals surface area contributed by atoms with Gasteiger partial charge in [-0.25, -0.2) is 0 Å². The van der Waals surface area contributed by atoms with Crippen molar-refractivity contribution in [2.75, 3.05) is 13.1 Å².